The molecule has 6 rings (SSSR count). The maximum absolute atomic E-state index is 16.0. The molecule has 226 valence electrons. The van der Waals surface area contributed by atoms with Gasteiger partial charge in [-0.05, 0) is 82.6 Å². The minimum Gasteiger partial charge on any atom is -0.481 e. The number of hydrogen-bond acceptors (Lipinski definition) is 8. The van der Waals surface area contributed by atoms with Crippen molar-refractivity contribution in [2.24, 2.45) is 5.41 Å². The molecule has 0 radical (unpaired) electrons. The molecule has 2 fully saturated rings. The molecule has 0 bridgehead atoms. The molecule has 0 unspecified atom stereocenters. The monoisotopic (exact) mass is 587 g/mol. The van der Waals surface area contributed by atoms with Gasteiger partial charge in [-0.25, -0.2) is 19.0 Å². The van der Waals surface area contributed by atoms with E-state index in [1.165, 1.54) is 6.33 Å². The number of nitrogen functional groups attached to an aromatic ring is 1. The molecule has 11 heteroatoms. The van der Waals surface area contributed by atoms with Gasteiger partial charge in [-0.2, -0.15) is 5.10 Å². The van der Waals surface area contributed by atoms with E-state index in [4.69, 9.17) is 15.6 Å². The fourth-order valence-corrected chi connectivity index (χ4v) is 6.33. The number of ether oxygens (including phenoxy) is 1. The number of nitrogens with two attached hydrogens (primary N) is 1. The van der Waals surface area contributed by atoms with E-state index in [0.717, 1.165) is 43.8 Å². The lowest BCUT2D eigenvalue weighted by Crippen LogP contribution is -2.52. The summed E-state index contributed by atoms with van der Waals surface area (Å²) in [6.07, 6.45) is 2.66. The van der Waals surface area contributed by atoms with Crippen LogP contribution in [0.2, 0.25) is 0 Å². The van der Waals surface area contributed by atoms with Crippen molar-refractivity contribution in [1.82, 2.24) is 29.5 Å². The maximum atomic E-state index is 16.0. The van der Waals surface area contributed by atoms with Crippen molar-refractivity contribution in [1.29, 1.82) is 0 Å². The molecule has 2 saturated heterocycles. The van der Waals surface area contributed by atoms with Crippen LogP contribution in [0.25, 0.3) is 22.3 Å². The van der Waals surface area contributed by atoms with E-state index in [0.29, 0.717) is 47.8 Å². The number of carboxylic acids is 1. The summed E-state index contributed by atoms with van der Waals surface area (Å²) < 4.78 is 23.6. The van der Waals surface area contributed by atoms with Crippen molar-refractivity contribution in [2.45, 2.75) is 51.4 Å². The Hall–Kier alpha value is -4.09. The van der Waals surface area contributed by atoms with Gasteiger partial charge in [-0.3, -0.25) is 9.69 Å². The highest BCUT2D eigenvalue weighted by molar-refractivity contribution is 5.98. The van der Waals surface area contributed by atoms with Crippen molar-refractivity contribution in [2.75, 3.05) is 38.5 Å². The first-order valence-corrected chi connectivity index (χ1v) is 14.9. The van der Waals surface area contributed by atoms with Crippen LogP contribution in [0.3, 0.4) is 0 Å². The number of carbonyl (C=O) groups is 1. The number of likely N-dealkylation sites (tertiary alicyclic amines) is 2. The minimum absolute atomic E-state index is 0.280. The third-order valence-corrected chi connectivity index (χ3v) is 8.75. The van der Waals surface area contributed by atoms with Gasteiger partial charge in [0, 0.05) is 31.2 Å². The van der Waals surface area contributed by atoms with Gasteiger partial charge in [0.25, 0.3) is 0 Å². The van der Waals surface area contributed by atoms with E-state index in [-0.39, 0.29) is 6.04 Å². The lowest BCUT2D eigenvalue weighted by atomic mass is 9.91. The fourth-order valence-electron chi connectivity index (χ4n) is 6.33. The number of nitrogens with zero attached hydrogens (tertiary/aromatic N) is 6. The highest BCUT2D eigenvalue weighted by Crippen LogP contribution is 2.37. The molecule has 2 aliphatic heterocycles. The van der Waals surface area contributed by atoms with Crippen molar-refractivity contribution < 1.29 is 19.0 Å². The van der Waals surface area contributed by atoms with E-state index in [1.54, 1.807) is 18.5 Å². The predicted molar refractivity (Wildman–Crippen MR) is 163 cm³/mol. The van der Waals surface area contributed by atoms with Gasteiger partial charge in [0.05, 0.1) is 16.8 Å². The summed E-state index contributed by atoms with van der Waals surface area (Å²) in [5.41, 5.74) is 7.50. The number of anilines is 1. The SMILES string of the molecule is CC(C)(CN1CCC(N2CC[C@@H](n3nc(-c4ccc(Oc5ccccc5)cc4)c4c(N)ncnc43)[C@@H](F)C2)CC1)C(=O)O. The lowest BCUT2D eigenvalue weighted by molar-refractivity contribution is -0.148. The maximum Gasteiger partial charge on any atom is 0.310 e. The largest absolute Gasteiger partial charge is 0.481 e. The van der Waals surface area contributed by atoms with Crippen LogP contribution in [0.4, 0.5) is 10.2 Å². The Balaban J connectivity index is 1.16. The van der Waals surface area contributed by atoms with Gasteiger partial charge < -0.3 is 20.5 Å². The topological polar surface area (TPSA) is 123 Å². The number of rotatable bonds is 8. The van der Waals surface area contributed by atoms with Crippen LogP contribution in [0, 0.1) is 5.41 Å². The molecule has 2 aromatic carbocycles. The number of fused-ring (bicyclic) bond motifs is 1. The number of aliphatic carboxylic acids is 1. The van der Waals surface area contributed by atoms with Crippen molar-refractivity contribution >= 4 is 22.8 Å². The standard InChI is InChI=1S/C32H38FN7O3/c1-32(2,31(41)42)19-38-15-12-22(13-16-38)39-17-14-26(25(33)18-39)40-30-27(29(34)35-20-36-30)28(37-40)21-8-10-24(11-9-21)43-23-6-4-3-5-7-23/h3-11,20,22,25-26H,12-19H2,1-2H3,(H,41,42)(H2,34,35,36)/t25-,26+/m0/s1. The molecule has 10 nitrogen and oxygen atoms in total. The molecular weight excluding hydrogens is 549 g/mol. The Morgan fingerprint density at radius 2 is 1.72 bits per heavy atom. The number of aromatic nitrogens is 4. The molecule has 4 aromatic rings. The summed E-state index contributed by atoms with van der Waals surface area (Å²) in [6, 6.07) is 16.9. The van der Waals surface area contributed by atoms with E-state index in [1.807, 2.05) is 54.6 Å². The molecule has 0 spiro atoms. The summed E-state index contributed by atoms with van der Waals surface area (Å²) in [5, 5.41) is 15.0. The van der Waals surface area contributed by atoms with Crippen LogP contribution in [0.1, 0.15) is 39.2 Å². The summed E-state index contributed by atoms with van der Waals surface area (Å²) in [6.45, 7) is 6.74. The van der Waals surface area contributed by atoms with Crippen LogP contribution in [0.5, 0.6) is 11.5 Å². The van der Waals surface area contributed by atoms with Gasteiger partial charge in [-0.15, -0.1) is 0 Å². The quantitative estimate of drug-likeness (QED) is 0.292. The molecule has 0 amide bonds. The Kier molecular flexibility index (Phi) is 8.02. The van der Waals surface area contributed by atoms with Crippen molar-refractivity contribution in [3.8, 4) is 22.8 Å². The molecule has 4 heterocycles. The second kappa shape index (κ2) is 11.9. The molecule has 0 aliphatic carbocycles. The number of carboxylic acid groups (broad SMARTS) is 1. The molecular formula is C32H38FN7O3. The van der Waals surface area contributed by atoms with E-state index in [9.17, 15) is 9.90 Å². The second-order valence-electron chi connectivity index (χ2n) is 12.3. The molecule has 3 N–H and O–H groups in total. The number of hydrogen-bond donors (Lipinski definition) is 2. The summed E-state index contributed by atoms with van der Waals surface area (Å²) >= 11 is 0. The van der Waals surface area contributed by atoms with Gasteiger partial charge in [0.15, 0.2) is 5.65 Å². The fraction of sp³-hybridized carbons (Fsp3) is 0.438. The van der Waals surface area contributed by atoms with Crippen LogP contribution < -0.4 is 10.5 Å². The van der Waals surface area contributed by atoms with E-state index >= 15 is 4.39 Å². The first kappa shape index (κ1) is 29.0. The summed E-state index contributed by atoms with van der Waals surface area (Å²) in [7, 11) is 0. The van der Waals surface area contributed by atoms with Crippen LogP contribution in [-0.4, -0.2) is 85.6 Å². The lowest BCUT2D eigenvalue weighted by Gasteiger charge is -2.43. The summed E-state index contributed by atoms with van der Waals surface area (Å²) in [4.78, 5) is 24.7. The average molecular weight is 588 g/mol. The zero-order valence-electron chi connectivity index (χ0n) is 24.6. The summed E-state index contributed by atoms with van der Waals surface area (Å²) in [5.74, 6) is 0.958. The Morgan fingerprint density at radius 1 is 1.02 bits per heavy atom. The van der Waals surface area contributed by atoms with E-state index in [2.05, 4.69) is 19.8 Å². The number of halogens is 1. The second-order valence-corrected chi connectivity index (χ2v) is 12.3. The molecule has 0 saturated carbocycles. The predicted octanol–water partition coefficient (Wildman–Crippen LogP) is 5.03. The minimum atomic E-state index is -1.13. The first-order chi connectivity index (χ1) is 20.7. The van der Waals surface area contributed by atoms with Crippen molar-refractivity contribution in [3.05, 3.63) is 60.9 Å². The average Bonchev–Trinajstić information content (AvgIpc) is 3.39. The van der Waals surface area contributed by atoms with Crippen LogP contribution in [-0.2, 0) is 4.79 Å². The smallest absolute Gasteiger partial charge is 0.310 e. The number of para-hydroxylation sites is 1. The third-order valence-electron chi connectivity index (χ3n) is 8.75. The molecule has 2 atom stereocenters. The number of alkyl halides is 1. The Bertz CT molecular complexity index is 1570. The molecule has 2 aliphatic rings. The van der Waals surface area contributed by atoms with Crippen LogP contribution >= 0.6 is 0 Å². The third kappa shape index (κ3) is 6.05. The van der Waals surface area contributed by atoms with Gasteiger partial charge >= 0.3 is 5.97 Å². The highest BCUT2D eigenvalue weighted by Gasteiger charge is 2.38. The zero-order chi connectivity index (χ0) is 30.1. The molecule has 2 aromatic heterocycles. The number of piperidine rings is 2. The normalized spacial score (nSPS) is 20.8. The number of benzene rings is 2. The first-order valence-electron chi connectivity index (χ1n) is 14.9. The van der Waals surface area contributed by atoms with E-state index < -0.39 is 23.6 Å². The Morgan fingerprint density at radius 3 is 2.40 bits per heavy atom. The van der Waals surface area contributed by atoms with Gasteiger partial charge in [0.1, 0.15) is 35.5 Å². The van der Waals surface area contributed by atoms with Gasteiger partial charge in [0.2, 0.25) is 0 Å². The molecule has 43 heavy (non-hydrogen) atoms. The highest BCUT2D eigenvalue weighted by atomic mass is 19.1. The van der Waals surface area contributed by atoms with Crippen LogP contribution in [0.15, 0.2) is 60.9 Å². The Labute approximate surface area is 250 Å². The van der Waals surface area contributed by atoms with Crippen molar-refractivity contribution in [3.63, 3.8) is 0 Å². The zero-order valence-corrected chi connectivity index (χ0v) is 24.6. The van der Waals surface area contributed by atoms with Gasteiger partial charge in [-0.1, -0.05) is 18.2 Å².